The number of hydrogen-bond donors (Lipinski definition) is 1. The van der Waals surface area contributed by atoms with E-state index in [4.69, 9.17) is 4.42 Å². The van der Waals surface area contributed by atoms with Crippen molar-refractivity contribution in [2.75, 3.05) is 6.54 Å². The van der Waals surface area contributed by atoms with Gasteiger partial charge in [0.15, 0.2) is 5.65 Å². The van der Waals surface area contributed by atoms with Gasteiger partial charge in [-0.2, -0.15) is 0 Å². The van der Waals surface area contributed by atoms with E-state index < -0.39 is 6.10 Å². The Kier molecular flexibility index (Phi) is 3.85. The van der Waals surface area contributed by atoms with Crippen LogP contribution >= 0.6 is 0 Å². The van der Waals surface area contributed by atoms with Gasteiger partial charge >= 0.3 is 0 Å². The van der Waals surface area contributed by atoms with E-state index in [1.807, 2.05) is 24.5 Å². The van der Waals surface area contributed by atoms with Crippen LogP contribution in [0.3, 0.4) is 0 Å². The number of fused-ring (bicyclic) bond motifs is 1. The summed E-state index contributed by atoms with van der Waals surface area (Å²) in [6.45, 7) is 1.88. The van der Waals surface area contributed by atoms with Crippen molar-refractivity contribution in [3.63, 3.8) is 0 Å². The van der Waals surface area contributed by atoms with Gasteiger partial charge in [0.05, 0.1) is 24.4 Å². The third-order valence-electron chi connectivity index (χ3n) is 4.63. The Labute approximate surface area is 134 Å². The molecule has 3 aromatic heterocycles. The van der Waals surface area contributed by atoms with Gasteiger partial charge < -0.3 is 9.52 Å². The predicted octanol–water partition coefficient (Wildman–Crippen LogP) is 2.41. The second-order valence-corrected chi connectivity index (χ2v) is 6.09. The van der Waals surface area contributed by atoms with Crippen LogP contribution in [-0.2, 0) is 6.54 Å². The molecule has 0 bridgehead atoms. The molecular formula is C17H20N4O2. The van der Waals surface area contributed by atoms with E-state index >= 15 is 0 Å². The van der Waals surface area contributed by atoms with Crippen molar-refractivity contribution in [3.05, 3.63) is 54.6 Å². The van der Waals surface area contributed by atoms with E-state index in [2.05, 4.69) is 19.3 Å². The molecule has 0 spiro atoms. The van der Waals surface area contributed by atoms with Crippen molar-refractivity contribution in [2.45, 2.75) is 38.0 Å². The molecule has 4 heterocycles. The number of imidazole rings is 1. The first-order chi connectivity index (χ1) is 11.3. The Morgan fingerprint density at radius 1 is 1.39 bits per heavy atom. The lowest BCUT2D eigenvalue weighted by molar-refractivity contribution is 0.0990. The summed E-state index contributed by atoms with van der Waals surface area (Å²) in [4.78, 5) is 10.9. The molecule has 0 amide bonds. The molecule has 6 heteroatoms. The molecule has 23 heavy (non-hydrogen) atoms. The van der Waals surface area contributed by atoms with Crippen molar-refractivity contribution in [1.82, 2.24) is 19.3 Å². The Balaban J connectivity index is 1.47. The molecule has 1 aliphatic rings. The summed E-state index contributed by atoms with van der Waals surface area (Å²) in [5, 5.41) is 10.3. The van der Waals surface area contributed by atoms with Gasteiger partial charge in [-0.05, 0) is 37.9 Å². The van der Waals surface area contributed by atoms with Crippen LogP contribution in [0.1, 0.15) is 36.8 Å². The predicted molar refractivity (Wildman–Crippen MR) is 84.7 cm³/mol. The molecule has 1 aliphatic heterocycles. The SMILES string of the molecule is OC(CC1CCCN1Cc1cnc2cnccn12)c1ccco1. The number of aliphatic hydroxyl groups is 1. The third-order valence-corrected chi connectivity index (χ3v) is 4.63. The van der Waals surface area contributed by atoms with Gasteiger partial charge in [0.1, 0.15) is 11.9 Å². The number of likely N-dealkylation sites (tertiary alicyclic amines) is 1. The Bertz CT molecular complexity index is 768. The number of hydrogen-bond acceptors (Lipinski definition) is 5. The molecule has 3 aromatic rings. The van der Waals surface area contributed by atoms with Crippen LogP contribution in [0.25, 0.3) is 5.65 Å². The summed E-state index contributed by atoms with van der Waals surface area (Å²) in [5.74, 6) is 0.651. The zero-order valence-electron chi connectivity index (χ0n) is 12.9. The normalized spacial score (nSPS) is 20.3. The second-order valence-electron chi connectivity index (χ2n) is 6.09. The van der Waals surface area contributed by atoms with E-state index in [1.54, 1.807) is 18.7 Å². The zero-order chi connectivity index (χ0) is 15.6. The van der Waals surface area contributed by atoms with Gasteiger partial charge in [-0.25, -0.2) is 4.98 Å². The van der Waals surface area contributed by atoms with Crippen LogP contribution in [0.5, 0.6) is 0 Å². The van der Waals surface area contributed by atoms with Crippen molar-refractivity contribution in [1.29, 1.82) is 0 Å². The van der Waals surface area contributed by atoms with Crippen molar-refractivity contribution in [3.8, 4) is 0 Å². The van der Waals surface area contributed by atoms with E-state index in [1.165, 1.54) is 0 Å². The summed E-state index contributed by atoms with van der Waals surface area (Å²) in [6.07, 6.45) is 11.4. The highest BCUT2D eigenvalue weighted by atomic mass is 16.4. The number of rotatable bonds is 5. The Hall–Kier alpha value is -2.18. The highest BCUT2D eigenvalue weighted by Gasteiger charge is 2.28. The van der Waals surface area contributed by atoms with Gasteiger partial charge in [0, 0.05) is 25.0 Å². The molecule has 1 N–H and O–H groups in total. The fourth-order valence-electron chi connectivity index (χ4n) is 3.44. The van der Waals surface area contributed by atoms with Gasteiger partial charge in [-0.1, -0.05) is 0 Å². The first kappa shape index (κ1) is 14.4. The van der Waals surface area contributed by atoms with Crippen LogP contribution in [0.2, 0.25) is 0 Å². The van der Waals surface area contributed by atoms with Crippen LogP contribution < -0.4 is 0 Å². The highest BCUT2D eigenvalue weighted by Crippen LogP contribution is 2.28. The molecule has 120 valence electrons. The smallest absolute Gasteiger partial charge is 0.155 e. The number of aliphatic hydroxyl groups excluding tert-OH is 1. The van der Waals surface area contributed by atoms with Crippen LogP contribution in [0, 0.1) is 0 Å². The monoisotopic (exact) mass is 312 g/mol. The van der Waals surface area contributed by atoms with Crippen LogP contribution in [0.4, 0.5) is 0 Å². The maximum Gasteiger partial charge on any atom is 0.155 e. The molecule has 2 atom stereocenters. The molecule has 2 unspecified atom stereocenters. The van der Waals surface area contributed by atoms with Crippen molar-refractivity contribution < 1.29 is 9.52 Å². The topological polar surface area (TPSA) is 66.8 Å². The maximum atomic E-state index is 10.3. The minimum absolute atomic E-state index is 0.363. The van der Waals surface area contributed by atoms with Gasteiger partial charge in [0.25, 0.3) is 0 Å². The first-order valence-corrected chi connectivity index (χ1v) is 8.03. The van der Waals surface area contributed by atoms with Gasteiger partial charge in [0.2, 0.25) is 0 Å². The van der Waals surface area contributed by atoms with Crippen LogP contribution in [-0.4, -0.2) is 37.0 Å². The molecule has 0 saturated carbocycles. The molecule has 0 aliphatic carbocycles. The molecule has 0 radical (unpaired) electrons. The number of furan rings is 1. The largest absolute Gasteiger partial charge is 0.467 e. The summed E-state index contributed by atoms with van der Waals surface area (Å²) in [6, 6.07) is 4.02. The summed E-state index contributed by atoms with van der Waals surface area (Å²) < 4.78 is 7.39. The highest BCUT2D eigenvalue weighted by molar-refractivity contribution is 5.36. The van der Waals surface area contributed by atoms with Crippen molar-refractivity contribution >= 4 is 5.65 Å². The average molecular weight is 312 g/mol. The molecular weight excluding hydrogens is 292 g/mol. The van der Waals surface area contributed by atoms with Gasteiger partial charge in [-0.3, -0.25) is 14.3 Å². The molecule has 4 rings (SSSR count). The molecule has 0 aromatic carbocycles. The van der Waals surface area contributed by atoms with E-state index in [-0.39, 0.29) is 0 Å². The standard InChI is InChI=1S/C17H20N4O2/c22-15(16-4-2-8-23-16)9-13-3-1-6-20(13)12-14-10-19-17-11-18-5-7-21(14)17/h2,4-5,7-8,10-11,13,15,22H,1,3,6,9,12H2. The summed E-state index contributed by atoms with van der Waals surface area (Å²) in [5.41, 5.74) is 2.02. The van der Waals surface area contributed by atoms with Gasteiger partial charge in [-0.15, -0.1) is 0 Å². The minimum atomic E-state index is -0.540. The molecule has 1 saturated heterocycles. The number of aromatic nitrogens is 3. The van der Waals surface area contributed by atoms with E-state index in [9.17, 15) is 5.11 Å². The lowest BCUT2D eigenvalue weighted by Gasteiger charge is -2.25. The number of nitrogens with zero attached hydrogens (tertiary/aromatic N) is 4. The summed E-state index contributed by atoms with van der Waals surface area (Å²) in [7, 11) is 0. The van der Waals surface area contributed by atoms with E-state index in [0.29, 0.717) is 18.2 Å². The first-order valence-electron chi connectivity index (χ1n) is 8.03. The fourth-order valence-corrected chi connectivity index (χ4v) is 3.44. The third kappa shape index (κ3) is 2.87. The average Bonchev–Trinajstić information content (AvgIpc) is 3.30. The fraction of sp³-hybridized carbons (Fsp3) is 0.412. The Morgan fingerprint density at radius 3 is 3.22 bits per heavy atom. The lowest BCUT2D eigenvalue weighted by atomic mass is 10.1. The summed E-state index contributed by atoms with van der Waals surface area (Å²) >= 11 is 0. The Morgan fingerprint density at radius 2 is 2.35 bits per heavy atom. The molecule has 1 fully saturated rings. The maximum absolute atomic E-state index is 10.3. The van der Waals surface area contributed by atoms with Crippen molar-refractivity contribution in [2.24, 2.45) is 0 Å². The lowest BCUT2D eigenvalue weighted by Crippen LogP contribution is -2.30. The zero-order valence-corrected chi connectivity index (χ0v) is 12.9. The quantitative estimate of drug-likeness (QED) is 0.783. The molecule has 6 nitrogen and oxygen atoms in total. The minimum Gasteiger partial charge on any atom is -0.467 e. The second kappa shape index (κ2) is 6.14. The van der Waals surface area contributed by atoms with E-state index in [0.717, 1.165) is 37.3 Å². The van der Waals surface area contributed by atoms with Crippen LogP contribution in [0.15, 0.2) is 47.6 Å².